The summed E-state index contributed by atoms with van der Waals surface area (Å²) >= 11 is 0. The molecule has 7 heteroatoms. The minimum Gasteiger partial charge on any atom is -0.393 e. The van der Waals surface area contributed by atoms with Gasteiger partial charge >= 0.3 is 0 Å². The van der Waals surface area contributed by atoms with Gasteiger partial charge in [-0.1, -0.05) is 12.6 Å². The van der Waals surface area contributed by atoms with Gasteiger partial charge in [0.2, 0.25) is 0 Å². The number of fused-ring (bicyclic) bond motifs is 2. The summed E-state index contributed by atoms with van der Waals surface area (Å²) < 4.78 is 7.96. The molecule has 0 saturated carbocycles. The summed E-state index contributed by atoms with van der Waals surface area (Å²) in [6.07, 6.45) is 7.33. The highest BCUT2D eigenvalue weighted by molar-refractivity contribution is 6.08. The van der Waals surface area contributed by atoms with Crippen LogP contribution in [0.4, 0.5) is 11.5 Å². The standard InChI is InChI=1S/C26H34N6O/c1-18(2)30-10-7-25-23(17-30)26(29-32(25)22-8-12-33-13-9-22)31-11-6-20-14-19(4-5-24(20)31)21(15-27)16-28-3/h4-5,14-16,22,27-28H,1,6-13,17H2,2-3H3/b21-16+,27-15?. The number of ether oxygens (including phenoxy) is 1. The van der Waals surface area contributed by atoms with Gasteiger partial charge in [-0.25, -0.2) is 0 Å². The molecule has 174 valence electrons. The molecule has 3 aliphatic rings. The maximum Gasteiger partial charge on any atom is 0.160 e. The number of allylic oxidation sites excluding steroid dienone is 2. The molecule has 0 radical (unpaired) electrons. The SMILES string of the molecule is C=C(C)N1CCc2c(c(N3CCc4cc(/C(C=N)=C/NC)ccc43)nn2C2CCOCC2)C1. The van der Waals surface area contributed by atoms with Crippen LogP contribution >= 0.6 is 0 Å². The Labute approximate surface area is 196 Å². The van der Waals surface area contributed by atoms with Gasteiger partial charge in [0, 0.05) is 86.9 Å². The molecule has 1 aromatic carbocycles. The number of hydrogen-bond acceptors (Lipinski definition) is 6. The maximum atomic E-state index is 7.75. The van der Waals surface area contributed by atoms with Gasteiger partial charge < -0.3 is 25.3 Å². The van der Waals surface area contributed by atoms with E-state index in [0.717, 1.165) is 81.2 Å². The fraction of sp³-hybridized carbons (Fsp3) is 0.462. The van der Waals surface area contributed by atoms with Gasteiger partial charge in [-0.15, -0.1) is 0 Å². The smallest absolute Gasteiger partial charge is 0.160 e. The van der Waals surface area contributed by atoms with Gasteiger partial charge in [0.15, 0.2) is 5.82 Å². The van der Waals surface area contributed by atoms with Crippen LogP contribution in [0.3, 0.4) is 0 Å². The topological polar surface area (TPSA) is 69.4 Å². The van der Waals surface area contributed by atoms with Crippen molar-refractivity contribution in [2.75, 3.05) is 38.3 Å². The first-order valence-corrected chi connectivity index (χ1v) is 12.0. The number of aromatic nitrogens is 2. The zero-order valence-corrected chi connectivity index (χ0v) is 19.7. The molecule has 2 aromatic rings. The number of anilines is 2. The highest BCUT2D eigenvalue weighted by Gasteiger charge is 2.33. The van der Waals surface area contributed by atoms with Crippen molar-refractivity contribution in [2.24, 2.45) is 0 Å². The van der Waals surface area contributed by atoms with E-state index < -0.39 is 0 Å². The minimum absolute atomic E-state index is 0.420. The molecule has 0 atom stereocenters. The van der Waals surface area contributed by atoms with Crippen molar-refractivity contribution in [1.29, 1.82) is 5.41 Å². The van der Waals surface area contributed by atoms with Crippen molar-refractivity contribution >= 4 is 23.3 Å². The van der Waals surface area contributed by atoms with Crippen molar-refractivity contribution < 1.29 is 4.74 Å². The zero-order valence-electron chi connectivity index (χ0n) is 19.7. The van der Waals surface area contributed by atoms with Crippen LogP contribution < -0.4 is 10.2 Å². The largest absolute Gasteiger partial charge is 0.393 e. The molecule has 2 N–H and O–H groups in total. The van der Waals surface area contributed by atoms with Gasteiger partial charge in [0.05, 0.1) is 6.04 Å². The fourth-order valence-corrected chi connectivity index (χ4v) is 5.37. The predicted octanol–water partition coefficient (Wildman–Crippen LogP) is 4.03. The Bertz CT molecular complexity index is 1090. The monoisotopic (exact) mass is 446 g/mol. The van der Waals surface area contributed by atoms with E-state index in [9.17, 15) is 0 Å². The van der Waals surface area contributed by atoms with E-state index in [1.54, 1.807) is 0 Å². The first-order valence-electron chi connectivity index (χ1n) is 12.0. The lowest BCUT2D eigenvalue weighted by atomic mass is 10.0. The molecule has 0 spiro atoms. The lowest BCUT2D eigenvalue weighted by molar-refractivity contribution is 0.0651. The quantitative estimate of drug-likeness (QED) is 0.656. The molecular formula is C26H34N6O. The summed E-state index contributed by atoms with van der Waals surface area (Å²) in [6.45, 7) is 10.7. The van der Waals surface area contributed by atoms with Gasteiger partial charge in [0.1, 0.15) is 0 Å². The highest BCUT2D eigenvalue weighted by atomic mass is 16.5. The molecule has 7 nitrogen and oxygen atoms in total. The third-order valence-corrected chi connectivity index (χ3v) is 7.16. The molecule has 1 fully saturated rings. The van der Waals surface area contributed by atoms with Crippen LogP contribution in [0, 0.1) is 5.41 Å². The summed E-state index contributed by atoms with van der Waals surface area (Å²) in [5.74, 6) is 1.10. The second kappa shape index (κ2) is 9.06. The lowest BCUT2D eigenvalue weighted by Crippen LogP contribution is -2.31. The van der Waals surface area contributed by atoms with Crippen molar-refractivity contribution in [3.8, 4) is 0 Å². The Morgan fingerprint density at radius 2 is 2.06 bits per heavy atom. The van der Waals surface area contributed by atoms with E-state index in [0.29, 0.717) is 6.04 Å². The summed E-state index contributed by atoms with van der Waals surface area (Å²) in [7, 11) is 1.87. The number of nitrogens with zero attached hydrogens (tertiary/aromatic N) is 4. The van der Waals surface area contributed by atoms with E-state index in [-0.39, 0.29) is 0 Å². The second-order valence-electron chi connectivity index (χ2n) is 9.22. The molecule has 0 bridgehead atoms. The summed E-state index contributed by atoms with van der Waals surface area (Å²) in [4.78, 5) is 4.78. The molecule has 0 unspecified atom stereocenters. The third-order valence-electron chi connectivity index (χ3n) is 7.16. The molecular weight excluding hydrogens is 412 g/mol. The van der Waals surface area contributed by atoms with Gasteiger partial charge in [-0.3, -0.25) is 4.68 Å². The first-order chi connectivity index (χ1) is 16.1. The Balaban J connectivity index is 1.54. The van der Waals surface area contributed by atoms with Crippen LogP contribution in [0.2, 0.25) is 0 Å². The van der Waals surface area contributed by atoms with Crippen LogP contribution in [0.15, 0.2) is 36.7 Å². The Hall–Kier alpha value is -3.06. The summed E-state index contributed by atoms with van der Waals surface area (Å²) in [6, 6.07) is 6.96. The first kappa shape index (κ1) is 21.8. The zero-order chi connectivity index (χ0) is 22.9. The van der Waals surface area contributed by atoms with Crippen LogP contribution in [0.5, 0.6) is 0 Å². The fourth-order valence-electron chi connectivity index (χ4n) is 5.37. The molecule has 1 saturated heterocycles. The van der Waals surface area contributed by atoms with Crippen LogP contribution in [0.1, 0.15) is 48.2 Å². The van der Waals surface area contributed by atoms with Gasteiger partial charge in [-0.2, -0.15) is 5.10 Å². The Kier molecular flexibility index (Phi) is 5.98. The maximum absolute atomic E-state index is 7.75. The summed E-state index contributed by atoms with van der Waals surface area (Å²) in [5.41, 5.74) is 8.37. The average Bonchev–Trinajstić information content (AvgIpc) is 3.43. The molecule has 4 heterocycles. The van der Waals surface area contributed by atoms with Crippen molar-refractivity contribution in [1.82, 2.24) is 20.0 Å². The number of hydrogen-bond donors (Lipinski definition) is 2. The van der Waals surface area contributed by atoms with E-state index in [4.69, 9.17) is 15.2 Å². The summed E-state index contributed by atoms with van der Waals surface area (Å²) in [5, 5.41) is 16.1. The molecule has 33 heavy (non-hydrogen) atoms. The minimum atomic E-state index is 0.420. The van der Waals surface area contributed by atoms with Crippen molar-refractivity contribution in [3.05, 3.63) is 59.1 Å². The molecule has 5 rings (SSSR count). The third kappa shape index (κ3) is 3.95. The van der Waals surface area contributed by atoms with Crippen LogP contribution in [-0.2, 0) is 24.1 Å². The Morgan fingerprint density at radius 1 is 1.24 bits per heavy atom. The highest BCUT2D eigenvalue weighted by Crippen LogP contribution is 2.41. The van der Waals surface area contributed by atoms with E-state index in [1.807, 2.05) is 13.2 Å². The Morgan fingerprint density at radius 3 is 2.79 bits per heavy atom. The van der Waals surface area contributed by atoms with Gasteiger partial charge in [0.25, 0.3) is 0 Å². The van der Waals surface area contributed by atoms with Crippen molar-refractivity contribution in [2.45, 2.75) is 45.2 Å². The molecule has 0 aliphatic carbocycles. The number of benzene rings is 1. The molecule has 3 aliphatic heterocycles. The van der Waals surface area contributed by atoms with E-state index in [2.05, 4.69) is 51.5 Å². The van der Waals surface area contributed by atoms with E-state index in [1.165, 1.54) is 28.7 Å². The van der Waals surface area contributed by atoms with Gasteiger partial charge in [-0.05, 0) is 49.4 Å². The number of nitrogens with one attached hydrogen (secondary N) is 2. The average molecular weight is 447 g/mol. The normalized spacial score (nSPS) is 18.8. The van der Waals surface area contributed by atoms with Crippen LogP contribution in [0.25, 0.3) is 5.57 Å². The van der Waals surface area contributed by atoms with Crippen LogP contribution in [-0.4, -0.2) is 54.2 Å². The van der Waals surface area contributed by atoms with Crippen molar-refractivity contribution in [3.63, 3.8) is 0 Å². The predicted molar refractivity (Wildman–Crippen MR) is 133 cm³/mol. The second-order valence-corrected chi connectivity index (χ2v) is 9.22. The number of rotatable bonds is 6. The lowest BCUT2D eigenvalue weighted by Gasteiger charge is -2.31. The van der Waals surface area contributed by atoms with E-state index >= 15 is 0 Å². The molecule has 1 aromatic heterocycles. The molecule has 0 amide bonds.